The van der Waals surface area contributed by atoms with E-state index in [9.17, 15) is 4.79 Å². The van der Waals surface area contributed by atoms with Crippen molar-refractivity contribution in [1.82, 2.24) is 0 Å². The van der Waals surface area contributed by atoms with E-state index in [-0.39, 0.29) is 16.8 Å². The van der Waals surface area contributed by atoms with Crippen molar-refractivity contribution in [2.75, 3.05) is 26.4 Å². The van der Waals surface area contributed by atoms with Crippen LogP contribution < -0.4 is 10.5 Å². The molecular formula is C19H31NO5. The molecular weight excluding hydrogens is 322 g/mol. The predicted octanol–water partition coefficient (Wildman–Crippen LogP) is 3.09. The van der Waals surface area contributed by atoms with E-state index in [0.717, 1.165) is 12.8 Å². The van der Waals surface area contributed by atoms with Gasteiger partial charge in [-0.05, 0) is 58.4 Å². The maximum atomic E-state index is 10.8. The minimum atomic E-state index is -0.945. The van der Waals surface area contributed by atoms with Gasteiger partial charge in [0.1, 0.15) is 5.75 Å². The zero-order valence-electron chi connectivity index (χ0n) is 15.7. The van der Waals surface area contributed by atoms with E-state index < -0.39 is 5.97 Å². The molecule has 0 aromatic heterocycles. The summed E-state index contributed by atoms with van der Waals surface area (Å²) in [6, 6.07) is 6.38. The molecule has 0 saturated heterocycles. The first-order valence-electron chi connectivity index (χ1n) is 8.59. The van der Waals surface area contributed by atoms with Crippen LogP contribution in [0.1, 0.15) is 50.9 Å². The van der Waals surface area contributed by atoms with Gasteiger partial charge in [-0.2, -0.15) is 0 Å². The minimum absolute atomic E-state index is 0.246. The number of carboxylic acid groups (broad SMARTS) is 1. The van der Waals surface area contributed by atoms with Gasteiger partial charge in [-0.15, -0.1) is 0 Å². The number of benzene rings is 1. The summed E-state index contributed by atoms with van der Waals surface area (Å²) in [7, 11) is 0. The Kier molecular flexibility index (Phi) is 8.35. The molecule has 0 radical (unpaired) electrons. The molecule has 0 atom stereocenters. The Morgan fingerprint density at radius 3 is 2.00 bits per heavy atom. The summed E-state index contributed by atoms with van der Waals surface area (Å²) >= 11 is 0. The summed E-state index contributed by atoms with van der Waals surface area (Å²) in [5.74, 6) is -0.295. The lowest BCUT2D eigenvalue weighted by Crippen LogP contribution is -2.33. The van der Waals surface area contributed by atoms with Gasteiger partial charge in [0.15, 0.2) is 0 Å². The van der Waals surface area contributed by atoms with Gasteiger partial charge in [-0.25, -0.2) is 4.79 Å². The minimum Gasteiger partial charge on any atom is -0.493 e. The summed E-state index contributed by atoms with van der Waals surface area (Å²) in [5, 5.41) is 8.87. The van der Waals surface area contributed by atoms with Gasteiger partial charge >= 0.3 is 5.97 Å². The van der Waals surface area contributed by atoms with Crippen LogP contribution in [0, 0.1) is 0 Å². The monoisotopic (exact) mass is 353 g/mol. The van der Waals surface area contributed by atoms with Crippen molar-refractivity contribution in [2.24, 2.45) is 5.73 Å². The van der Waals surface area contributed by atoms with Gasteiger partial charge in [0.2, 0.25) is 0 Å². The molecule has 0 bridgehead atoms. The average molecular weight is 353 g/mol. The quantitative estimate of drug-likeness (QED) is 0.600. The zero-order valence-corrected chi connectivity index (χ0v) is 15.7. The Hall–Kier alpha value is -1.63. The summed E-state index contributed by atoms with van der Waals surface area (Å²) < 4.78 is 17.3. The van der Waals surface area contributed by atoms with E-state index in [2.05, 4.69) is 0 Å². The van der Waals surface area contributed by atoms with Crippen molar-refractivity contribution >= 4 is 5.97 Å². The Labute approximate surface area is 150 Å². The van der Waals surface area contributed by atoms with Gasteiger partial charge < -0.3 is 25.1 Å². The van der Waals surface area contributed by atoms with Crippen LogP contribution in [0.5, 0.6) is 5.75 Å². The Balaban J connectivity index is 2.31. The molecule has 0 aliphatic carbocycles. The molecule has 0 heterocycles. The molecule has 0 spiro atoms. The molecule has 1 aromatic rings. The summed E-state index contributed by atoms with van der Waals surface area (Å²) in [4.78, 5) is 10.8. The smallest absolute Gasteiger partial charge is 0.335 e. The van der Waals surface area contributed by atoms with Crippen molar-refractivity contribution in [3.63, 3.8) is 0 Å². The molecule has 3 N–H and O–H groups in total. The molecule has 0 unspecified atom stereocenters. The van der Waals surface area contributed by atoms with Crippen LogP contribution in [-0.4, -0.2) is 48.6 Å². The van der Waals surface area contributed by atoms with Crippen LogP contribution in [0.2, 0.25) is 0 Å². The molecule has 1 rings (SSSR count). The van der Waals surface area contributed by atoms with Gasteiger partial charge in [-0.1, -0.05) is 0 Å². The van der Waals surface area contributed by atoms with Crippen LogP contribution in [0.4, 0.5) is 0 Å². The lowest BCUT2D eigenvalue weighted by molar-refractivity contribution is -0.0752. The topological polar surface area (TPSA) is 91.0 Å². The second-order valence-corrected chi connectivity index (χ2v) is 7.18. The predicted molar refractivity (Wildman–Crippen MR) is 97.2 cm³/mol. The third-order valence-corrected chi connectivity index (χ3v) is 3.88. The molecule has 1 aromatic carbocycles. The SMILES string of the molecule is CC(C)(CCOc1ccc(C(=O)O)cc1)OCCC(C)(C)OCCN. The highest BCUT2D eigenvalue weighted by molar-refractivity contribution is 5.87. The molecule has 6 heteroatoms. The number of hydrogen-bond donors (Lipinski definition) is 2. The Morgan fingerprint density at radius 2 is 1.48 bits per heavy atom. The van der Waals surface area contributed by atoms with Crippen LogP contribution in [0.15, 0.2) is 24.3 Å². The maximum Gasteiger partial charge on any atom is 0.335 e. The standard InChI is InChI=1S/C19H31NO5/c1-18(2,24-13-10-19(3,4)25-14-11-20)9-12-23-16-7-5-15(6-8-16)17(21)22/h5-8H,9-14,20H2,1-4H3,(H,21,22). The number of carboxylic acids is 1. The molecule has 0 amide bonds. The van der Waals surface area contributed by atoms with Crippen LogP contribution >= 0.6 is 0 Å². The number of nitrogens with two attached hydrogens (primary N) is 1. The first kappa shape index (κ1) is 21.4. The molecule has 0 saturated carbocycles. The normalized spacial score (nSPS) is 12.2. The Bertz CT molecular complexity index is 525. The van der Waals surface area contributed by atoms with Crippen molar-refractivity contribution < 1.29 is 24.1 Å². The third-order valence-electron chi connectivity index (χ3n) is 3.88. The number of hydrogen-bond acceptors (Lipinski definition) is 5. The van der Waals surface area contributed by atoms with E-state index in [1.165, 1.54) is 12.1 Å². The van der Waals surface area contributed by atoms with E-state index >= 15 is 0 Å². The number of carbonyl (C=O) groups is 1. The third kappa shape index (κ3) is 8.86. The van der Waals surface area contributed by atoms with E-state index in [4.69, 9.17) is 25.1 Å². The fourth-order valence-corrected chi connectivity index (χ4v) is 2.16. The molecule has 142 valence electrons. The fraction of sp³-hybridized carbons (Fsp3) is 0.632. The highest BCUT2D eigenvalue weighted by atomic mass is 16.5. The van der Waals surface area contributed by atoms with E-state index in [0.29, 0.717) is 32.1 Å². The van der Waals surface area contributed by atoms with E-state index in [1.54, 1.807) is 12.1 Å². The fourth-order valence-electron chi connectivity index (χ4n) is 2.16. The average Bonchev–Trinajstić information content (AvgIpc) is 2.53. The summed E-state index contributed by atoms with van der Waals surface area (Å²) in [6.45, 7) is 10.3. The van der Waals surface area contributed by atoms with Crippen molar-refractivity contribution in [2.45, 2.75) is 51.7 Å². The molecule has 6 nitrogen and oxygen atoms in total. The maximum absolute atomic E-state index is 10.8. The van der Waals surface area contributed by atoms with Crippen LogP contribution in [0.3, 0.4) is 0 Å². The molecule has 0 fully saturated rings. The van der Waals surface area contributed by atoms with Crippen molar-refractivity contribution in [3.8, 4) is 5.75 Å². The highest BCUT2D eigenvalue weighted by Crippen LogP contribution is 2.20. The Morgan fingerprint density at radius 1 is 0.960 bits per heavy atom. The summed E-state index contributed by atoms with van der Waals surface area (Å²) in [6.07, 6.45) is 1.51. The zero-order chi connectivity index (χ0) is 18.9. The van der Waals surface area contributed by atoms with Gasteiger partial charge in [-0.3, -0.25) is 0 Å². The van der Waals surface area contributed by atoms with Gasteiger partial charge in [0, 0.05) is 13.0 Å². The van der Waals surface area contributed by atoms with Gasteiger partial charge in [0.25, 0.3) is 0 Å². The first-order valence-corrected chi connectivity index (χ1v) is 8.59. The number of ether oxygens (including phenoxy) is 3. The van der Waals surface area contributed by atoms with Gasteiger partial charge in [0.05, 0.1) is 36.6 Å². The second-order valence-electron chi connectivity index (χ2n) is 7.18. The van der Waals surface area contributed by atoms with Crippen LogP contribution in [-0.2, 0) is 9.47 Å². The second kappa shape index (κ2) is 9.75. The lowest BCUT2D eigenvalue weighted by atomic mass is 10.0. The largest absolute Gasteiger partial charge is 0.493 e. The summed E-state index contributed by atoms with van der Waals surface area (Å²) in [5.41, 5.74) is 5.14. The first-order chi connectivity index (χ1) is 11.7. The van der Waals surface area contributed by atoms with Crippen molar-refractivity contribution in [1.29, 1.82) is 0 Å². The molecule has 25 heavy (non-hydrogen) atoms. The van der Waals surface area contributed by atoms with Crippen molar-refractivity contribution in [3.05, 3.63) is 29.8 Å². The number of aromatic carboxylic acids is 1. The molecule has 0 aliphatic heterocycles. The number of rotatable bonds is 12. The lowest BCUT2D eigenvalue weighted by Gasteiger charge is -2.29. The highest BCUT2D eigenvalue weighted by Gasteiger charge is 2.22. The molecule has 0 aliphatic rings. The van der Waals surface area contributed by atoms with E-state index in [1.807, 2.05) is 27.7 Å². The van der Waals surface area contributed by atoms with Crippen LogP contribution in [0.25, 0.3) is 0 Å².